The van der Waals surface area contributed by atoms with Gasteiger partial charge in [0.05, 0.1) is 9.82 Å². The van der Waals surface area contributed by atoms with Gasteiger partial charge in [0.2, 0.25) is 15.9 Å². The Morgan fingerprint density at radius 3 is 2.38 bits per heavy atom. The summed E-state index contributed by atoms with van der Waals surface area (Å²) >= 11 is 0. The number of carbonyl (C=O) groups is 1. The van der Waals surface area contributed by atoms with Crippen molar-refractivity contribution in [2.45, 2.75) is 24.7 Å². The molecule has 0 radical (unpaired) electrons. The molecule has 9 heteroatoms. The number of hydrogen-bond acceptors (Lipinski definition) is 5. The molecule has 0 saturated heterocycles. The Bertz CT molecular complexity index is 895. The Morgan fingerprint density at radius 2 is 1.77 bits per heavy atom. The maximum Gasteiger partial charge on any atom is 0.269 e. The average molecular weight is 377 g/mol. The van der Waals surface area contributed by atoms with Crippen LogP contribution in [0, 0.1) is 10.1 Å². The number of carbonyl (C=O) groups excluding carboxylic acids is 1. The SMILES string of the molecule is CCc1ccccc1NC(=O)CCNS(=O)(=O)c1ccc([N+](=O)[O-])cc1. The van der Waals surface area contributed by atoms with Crippen molar-refractivity contribution in [1.29, 1.82) is 0 Å². The normalized spacial score (nSPS) is 11.1. The highest BCUT2D eigenvalue weighted by molar-refractivity contribution is 7.89. The summed E-state index contributed by atoms with van der Waals surface area (Å²) in [6.45, 7) is 1.89. The molecule has 0 bridgehead atoms. The molecule has 2 aromatic rings. The van der Waals surface area contributed by atoms with E-state index in [1.165, 1.54) is 0 Å². The molecule has 0 unspecified atom stereocenters. The van der Waals surface area contributed by atoms with Gasteiger partial charge in [-0.25, -0.2) is 13.1 Å². The maximum atomic E-state index is 12.1. The molecule has 0 aliphatic rings. The molecule has 0 aliphatic heterocycles. The summed E-state index contributed by atoms with van der Waals surface area (Å²) in [5.74, 6) is -0.308. The van der Waals surface area contributed by atoms with E-state index in [1.807, 2.05) is 25.1 Å². The molecule has 0 aromatic heterocycles. The van der Waals surface area contributed by atoms with Crippen LogP contribution in [0.3, 0.4) is 0 Å². The number of hydrogen-bond donors (Lipinski definition) is 2. The minimum absolute atomic E-state index is 0.0374. The van der Waals surface area contributed by atoms with Gasteiger partial charge < -0.3 is 5.32 Å². The molecule has 0 heterocycles. The number of amides is 1. The van der Waals surface area contributed by atoms with E-state index in [9.17, 15) is 23.3 Å². The highest BCUT2D eigenvalue weighted by Gasteiger charge is 2.16. The standard InChI is InChI=1S/C17H19N3O5S/c1-2-13-5-3-4-6-16(13)19-17(21)11-12-18-26(24,25)15-9-7-14(8-10-15)20(22)23/h3-10,18H,2,11-12H2,1H3,(H,19,21). The average Bonchev–Trinajstić information content (AvgIpc) is 2.62. The van der Waals surface area contributed by atoms with Crippen molar-refractivity contribution < 1.29 is 18.1 Å². The first-order valence-corrected chi connectivity index (χ1v) is 9.43. The Kier molecular flexibility index (Phi) is 6.42. The quantitative estimate of drug-likeness (QED) is 0.541. The molecule has 0 spiro atoms. The van der Waals surface area contributed by atoms with Crippen LogP contribution >= 0.6 is 0 Å². The molecule has 1 amide bonds. The predicted molar refractivity (Wildman–Crippen MR) is 97.4 cm³/mol. The van der Waals surface area contributed by atoms with Crippen molar-refractivity contribution in [3.05, 3.63) is 64.2 Å². The minimum atomic E-state index is -3.84. The molecule has 0 fully saturated rings. The van der Waals surface area contributed by atoms with Crippen LogP contribution in [0.1, 0.15) is 18.9 Å². The zero-order valence-electron chi connectivity index (χ0n) is 14.1. The number of sulfonamides is 1. The van der Waals surface area contributed by atoms with Gasteiger partial charge in [-0.2, -0.15) is 0 Å². The lowest BCUT2D eigenvalue weighted by Gasteiger charge is -2.10. The van der Waals surface area contributed by atoms with E-state index in [0.717, 1.165) is 36.2 Å². The summed E-state index contributed by atoms with van der Waals surface area (Å²) in [7, 11) is -3.84. The molecule has 8 nitrogen and oxygen atoms in total. The van der Waals surface area contributed by atoms with Crippen molar-refractivity contribution >= 4 is 27.3 Å². The predicted octanol–water partition coefficient (Wildman–Crippen LogP) is 2.46. The van der Waals surface area contributed by atoms with Gasteiger partial charge in [-0.3, -0.25) is 14.9 Å². The van der Waals surface area contributed by atoms with Gasteiger partial charge in [0.1, 0.15) is 0 Å². The highest BCUT2D eigenvalue weighted by atomic mass is 32.2. The molecule has 26 heavy (non-hydrogen) atoms. The van der Waals surface area contributed by atoms with Crippen LogP contribution in [0.15, 0.2) is 53.4 Å². The molecular formula is C17H19N3O5S. The summed E-state index contributed by atoms with van der Waals surface area (Å²) in [5.41, 5.74) is 1.50. The lowest BCUT2D eigenvalue weighted by atomic mass is 10.1. The zero-order valence-corrected chi connectivity index (χ0v) is 15.0. The molecule has 2 N–H and O–H groups in total. The van der Waals surface area contributed by atoms with Gasteiger partial charge in [0, 0.05) is 30.8 Å². The van der Waals surface area contributed by atoms with Crippen LogP contribution in [-0.2, 0) is 21.2 Å². The molecule has 138 valence electrons. The largest absolute Gasteiger partial charge is 0.326 e. The smallest absolute Gasteiger partial charge is 0.269 e. The van der Waals surface area contributed by atoms with Gasteiger partial charge in [-0.1, -0.05) is 25.1 Å². The van der Waals surface area contributed by atoms with Crippen molar-refractivity contribution in [2.75, 3.05) is 11.9 Å². The van der Waals surface area contributed by atoms with E-state index in [0.29, 0.717) is 5.69 Å². The molecule has 0 atom stereocenters. The summed E-state index contributed by atoms with van der Waals surface area (Å²) in [4.78, 5) is 21.9. The van der Waals surface area contributed by atoms with Crippen LogP contribution in [-0.4, -0.2) is 25.8 Å². The number of nitro groups is 1. The number of non-ortho nitro benzene ring substituents is 1. The van der Waals surface area contributed by atoms with Gasteiger partial charge in [0.15, 0.2) is 0 Å². The monoisotopic (exact) mass is 377 g/mol. The first-order valence-electron chi connectivity index (χ1n) is 7.95. The van der Waals surface area contributed by atoms with Crippen molar-refractivity contribution in [2.24, 2.45) is 0 Å². The number of benzene rings is 2. The van der Waals surface area contributed by atoms with E-state index < -0.39 is 14.9 Å². The zero-order chi connectivity index (χ0) is 19.2. The lowest BCUT2D eigenvalue weighted by Crippen LogP contribution is -2.28. The molecular weight excluding hydrogens is 358 g/mol. The van der Waals surface area contributed by atoms with Crippen LogP contribution in [0.2, 0.25) is 0 Å². The van der Waals surface area contributed by atoms with E-state index in [-0.39, 0.29) is 29.5 Å². The summed E-state index contributed by atoms with van der Waals surface area (Å²) < 4.78 is 26.6. The number of nitrogens with zero attached hydrogens (tertiary/aromatic N) is 1. The molecule has 0 aliphatic carbocycles. The fourth-order valence-electron chi connectivity index (χ4n) is 2.29. The Hall–Kier alpha value is -2.78. The molecule has 2 rings (SSSR count). The van der Waals surface area contributed by atoms with Crippen molar-refractivity contribution in [3.8, 4) is 0 Å². The van der Waals surface area contributed by atoms with Gasteiger partial charge >= 0.3 is 0 Å². The number of rotatable bonds is 8. The van der Waals surface area contributed by atoms with Crippen molar-refractivity contribution in [3.63, 3.8) is 0 Å². The van der Waals surface area contributed by atoms with E-state index in [4.69, 9.17) is 0 Å². The third-order valence-corrected chi connectivity index (χ3v) is 5.15. The van der Waals surface area contributed by atoms with E-state index >= 15 is 0 Å². The number of nitro benzene ring substituents is 1. The fraction of sp³-hybridized carbons (Fsp3) is 0.235. The second-order valence-electron chi connectivity index (χ2n) is 5.46. The fourth-order valence-corrected chi connectivity index (χ4v) is 3.32. The number of nitrogens with one attached hydrogen (secondary N) is 2. The summed E-state index contributed by atoms with van der Waals surface area (Å²) in [6, 6.07) is 11.9. The first kappa shape index (κ1) is 19.5. The Balaban J connectivity index is 1.91. The van der Waals surface area contributed by atoms with Gasteiger partial charge in [-0.05, 0) is 30.2 Å². The van der Waals surface area contributed by atoms with Crippen LogP contribution in [0.5, 0.6) is 0 Å². The second kappa shape index (κ2) is 8.54. The minimum Gasteiger partial charge on any atom is -0.326 e. The van der Waals surface area contributed by atoms with Gasteiger partial charge in [0.25, 0.3) is 5.69 Å². The number of anilines is 1. The second-order valence-corrected chi connectivity index (χ2v) is 7.22. The van der Waals surface area contributed by atoms with Crippen LogP contribution < -0.4 is 10.0 Å². The van der Waals surface area contributed by atoms with Crippen molar-refractivity contribution in [1.82, 2.24) is 4.72 Å². The topological polar surface area (TPSA) is 118 Å². The third kappa shape index (κ3) is 5.11. The first-order chi connectivity index (χ1) is 12.3. The Labute approximate surface area is 151 Å². The van der Waals surface area contributed by atoms with Crippen LogP contribution in [0.25, 0.3) is 0 Å². The number of para-hydroxylation sites is 1. The lowest BCUT2D eigenvalue weighted by molar-refractivity contribution is -0.384. The van der Waals surface area contributed by atoms with E-state index in [2.05, 4.69) is 10.0 Å². The summed E-state index contributed by atoms with van der Waals surface area (Å²) in [5, 5.41) is 13.4. The highest BCUT2D eigenvalue weighted by Crippen LogP contribution is 2.17. The van der Waals surface area contributed by atoms with Crippen LogP contribution in [0.4, 0.5) is 11.4 Å². The maximum absolute atomic E-state index is 12.1. The summed E-state index contributed by atoms with van der Waals surface area (Å²) in [6.07, 6.45) is 0.730. The Morgan fingerprint density at radius 1 is 1.12 bits per heavy atom. The van der Waals surface area contributed by atoms with Gasteiger partial charge in [-0.15, -0.1) is 0 Å². The third-order valence-electron chi connectivity index (χ3n) is 3.67. The molecule has 2 aromatic carbocycles. The number of aryl methyl sites for hydroxylation is 1. The molecule has 0 saturated carbocycles. The van der Waals surface area contributed by atoms with E-state index in [1.54, 1.807) is 6.07 Å².